The van der Waals surface area contributed by atoms with Crippen molar-refractivity contribution in [1.82, 2.24) is 39.6 Å². The molecule has 9 nitrogen and oxygen atoms in total. The number of hydrogen-bond acceptors (Lipinski definition) is 7. The average molecular weight is 375 g/mol. The molecule has 0 unspecified atom stereocenters. The van der Waals surface area contributed by atoms with Gasteiger partial charge in [-0.2, -0.15) is 5.10 Å². The van der Waals surface area contributed by atoms with Crippen LogP contribution in [0.1, 0.15) is 0 Å². The molecule has 3 aromatic heterocycles. The highest BCUT2D eigenvalue weighted by Gasteiger charge is 2.24. The van der Waals surface area contributed by atoms with E-state index in [0.29, 0.717) is 11.9 Å². The molecule has 5 rings (SSSR count). The van der Waals surface area contributed by atoms with Gasteiger partial charge in [-0.05, 0) is 25.2 Å². The number of aromatic nitrogens is 7. The van der Waals surface area contributed by atoms with E-state index in [4.69, 9.17) is 0 Å². The summed E-state index contributed by atoms with van der Waals surface area (Å²) in [6, 6.07) is 9.93. The van der Waals surface area contributed by atoms with Gasteiger partial charge in [-0.25, -0.2) is 14.6 Å². The third-order valence-corrected chi connectivity index (χ3v) is 5.10. The number of benzene rings is 1. The van der Waals surface area contributed by atoms with Crippen LogP contribution in [0, 0.1) is 5.92 Å². The molecule has 1 saturated heterocycles. The van der Waals surface area contributed by atoms with Crippen molar-refractivity contribution >= 4 is 22.8 Å². The third-order valence-electron chi connectivity index (χ3n) is 5.10. The highest BCUT2D eigenvalue weighted by atomic mass is 15.4. The molecule has 0 spiro atoms. The van der Waals surface area contributed by atoms with Gasteiger partial charge in [-0.3, -0.25) is 4.68 Å². The molecule has 1 aromatic carbocycles. The second kappa shape index (κ2) is 6.68. The molecule has 1 aliphatic rings. The van der Waals surface area contributed by atoms with E-state index in [9.17, 15) is 0 Å². The van der Waals surface area contributed by atoms with Crippen LogP contribution in [-0.2, 0) is 13.6 Å². The first kappa shape index (κ1) is 16.8. The molecule has 4 aromatic rings. The lowest BCUT2D eigenvalue weighted by Crippen LogP contribution is -2.45. The van der Waals surface area contributed by atoms with Crippen molar-refractivity contribution in [1.29, 1.82) is 0 Å². The zero-order chi connectivity index (χ0) is 19.1. The van der Waals surface area contributed by atoms with Gasteiger partial charge in [0.15, 0.2) is 0 Å². The Labute approximate surface area is 162 Å². The molecule has 1 N–H and O–H groups in total. The predicted molar refractivity (Wildman–Crippen MR) is 106 cm³/mol. The van der Waals surface area contributed by atoms with Crippen molar-refractivity contribution in [3.05, 3.63) is 42.7 Å². The maximum absolute atomic E-state index is 4.63. The van der Waals surface area contributed by atoms with Gasteiger partial charge in [-0.1, -0.05) is 11.3 Å². The Kier molecular flexibility index (Phi) is 4.01. The van der Waals surface area contributed by atoms with Crippen LogP contribution in [0.25, 0.3) is 22.3 Å². The van der Waals surface area contributed by atoms with Crippen LogP contribution in [0.5, 0.6) is 0 Å². The summed E-state index contributed by atoms with van der Waals surface area (Å²) in [5.74, 6) is 2.01. The van der Waals surface area contributed by atoms with Gasteiger partial charge in [0, 0.05) is 50.4 Å². The summed E-state index contributed by atoms with van der Waals surface area (Å²) in [4.78, 5) is 11.2. The van der Waals surface area contributed by atoms with Crippen LogP contribution < -0.4 is 5.32 Å². The number of nitrogens with one attached hydrogen (secondary N) is 1. The number of nitrogens with zero attached hydrogens (tertiary/aromatic N) is 8. The number of anilines is 2. The molecule has 0 atom stereocenters. The first-order valence-electron chi connectivity index (χ1n) is 9.26. The van der Waals surface area contributed by atoms with E-state index >= 15 is 0 Å². The predicted octanol–water partition coefficient (Wildman–Crippen LogP) is 1.93. The van der Waals surface area contributed by atoms with Crippen LogP contribution in [0.2, 0.25) is 0 Å². The van der Waals surface area contributed by atoms with Crippen molar-refractivity contribution in [2.24, 2.45) is 13.0 Å². The third kappa shape index (κ3) is 3.09. The molecule has 0 amide bonds. The quantitative estimate of drug-likeness (QED) is 0.570. The van der Waals surface area contributed by atoms with Gasteiger partial charge in [-0.15, -0.1) is 5.10 Å². The zero-order valence-corrected chi connectivity index (χ0v) is 15.8. The van der Waals surface area contributed by atoms with Gasteiger partial charge < -0.3 is 10.2 Å². The normalized spacial score (nSPS) is 15.1. The fraction of sp³-hybridized carbons (Fsp3) is 0.316. The Morgan fingerprint density at radius 3 is 2.79 bits per heavy atom. The summed E-state index contributed by atoms with van der Waals surface area (Å²) in [5, 5.41) is 16.0. The number of likely N-dealkylation sites (tertiary alicyclic amines) is 1. The Hall–Kier alpha value is -3.33. The van der Waals surface area contributed by atoms with Crippen LogP contribution in [0.3, 0.4) is 0 Å². The molecule has 0 bridgehead atoms. The largest absolute Gasteiger partial charge is 0.309 e. The van der Waals surface area contributed by atoms with Crippen molar-refractivity contribution in [2.45, 2.75) is 6.54 Å². The van der Waals surface area contributed by atoms with E-state index in [1.54, 1.807) is 17.1 Å². The molecular weight excluding hydrogens is 354 g/mol. The van der Waals surface area contributed by atoms with E-state index in [0.717, 1.165) is 47.7 Å². The maximum atomic E-state index is 4.63. The fourth-order valence-corrected chi connectivity index (χ4v) is 3.65. The molecule has 142 valence electrons. The fourth-order valence-electron chi connectivity index (χ4n) is 3.65. The number of aryl methyl sites for hydroxylation is 1. The molecular formula is C19H21N9. The van der Waals surface area contributed by atoms with Crippen LogP contribution >= 0.6 is 0 Å². The van der Waals surface area contributed by atoms with Crippen molar-refractivity contribution in [2.75, 3.05) is 25.5 Å². The second-order valence-corrected chi connectivity index (χ2v) is 7.29. The monoisotopic (exact) mass is 375 g/mol. The van der Waals surface area contributed by atoms with E-state index < -0.39 is 0 Å². The molecule has 0 saturated carbocycles. The number of rotatable bonds is 5. The topological polar surface area (TPSA) is 89.6 Å². The summed E-state index contributed by atoms with van der Waals surface area (Å²) in [5.41, 5.74) is 3.75. The van der Waals surface area contributed by atoms with E-state index in [1.165, 1.54) is 0 Å². The summed E-state index contributed by atoms with van der Waals surface area (Å²) < 4.78 is 3.74. The first-order valence-corrected chi connectivity index (χ1v) is 9.26. The number of hydrogen-bond donors (Lipinski definition) is 1. The summed E-state index contributed by atoms with van der Waals surface area (Å²) in [6.45, 7) is 3.14. The lowest BCUT2D eigenvalue weighted by Gasteiger charge is -2.35. The highest BCUT2D eigenvalue weighted by molar-refractivity contribution is 5.80. The van der Waals surface area contributed by atoms with Crippen LogP contribution in [0.4, 0.5) is 11.8 Å². The lowest BCUT2D eigenvalue weighted by molar-refractivity contribution is 0.116. The SMILES string of the molecule is CN1CC(Cn2nnc3cc(-c4ccnc(Nc5ccnn5C)n4)ccc32)C1. The maximum Gasteiger partial charge on any atom is 0.228 e. The molecule has 0 radical (unpaired) electrons. The standard InChI is InChI=1S/C19H21N9/c1-26-10-13(11-26)12-28-17-4-3-14(9-16(17)24-25-28)15-5-7-20-19(22-15)23-18-6-8-21-27(18)2/h3-9,13H,10-12H2,1-2H3,(H,20,22,23). The molecule has 9 heteroatoms. The summed E-state index contributed by atoms with van der Waals surface area (Å²) in [6.07, 6.45) is 3.47. The smallest absolute Gasteiger partial charge is 0.228 e. The minimum Gasteiger partial charge on any atom is -0.309 e. The molecule has 1 fully saturated rings. The van der Waals surface area contributed by atoms with E-state index in [-0.39, 0.29) is 0 Å². The van der Waals surface area contributed by atoms with Gasteiger partial charge in [0.2, 0.25) is 5.95 Å². The highest BCUT2D eigenvalue weighted by Crippen LogP contribution is 2.24. The van der Waals surface area contributed by atoms with Gasteiger partial charge in [0.1, 0.15) is 11.3 Å². The van der Waals surface area contributed by atoms with Crippen LogP contribution in [0.15, 0.2) is 42.7 Å². The average Bonchev–Trinajstić information content (AvgIpc) is 3.27. The summed E-state index contributed by atoms with van der Waals surface area (Å²) >= 11 is 0. The van der Waals surface area contributed by atoms with Crippen molar-refractivity contribution < 1.29 is 0 Å². The minimum atomic E-state index is 0.527. The molecule has 0 aliphatic carbocycles. The Morgan fingerprint density at radius 1 is 1.11 bits per heavy atom. The minimum absolute atomic E-state index is 0.527. The zero-order valence-electron chi connectivity index (χ0n) is 15.8. The Balaban J connectivity index is 1.40. The van der Waals surface area contributed by atoms with Crippen molar-refractivity contribution in [3.8, 4) is 11.3 Å². The van der Waals surface area contributed by atoms with Gasteiger partial charge >= 0.3 is 0 Å². The van der Waals surface area contributed by atoms with Gasteiger partial charge in [0.05, 0.1) is 17.4 Å². The lowest BCUT2D eigenvalue weighted by atomic mass is 10.0. The van der Waals surface area contributed by atoms with Crippen LogP contribution in [-0.4, -0.2) is 59.8 Å². The molecule has 4 heterocycles. The Bertz CT molecular complexity index is 1120. The Morgan fingerprint density at radius 2 is 2.00 bits per heavy atom. The molecule has 28 heavy (non-hydrogen) atoms. The number of fused-ring (bicyclic) bond motifs is 1. The molecule has 1 aliphatic heterocycles. The van der Waals surface area contributed by atoms with Crippen molar-refractivity contribution in [3.63, 3.8) is 0 Å². The van der Waals surface area contributed by atoms with E-state index in [1.807, 2.05) is 29.9 Å². The summed E-state index contributed by atoms with van der Waals surface area (Å²) in [7, 11) is 4.01. The second-order valence-electron chi connectivity index (χ2n) is 7.29. The van der Waals surface area contributed by atoms with E-state index in [2.05, 4.69) is 54.8 Å². The first-order chi connectivity index (χ1) is 13.7. The van der Waals surface area contributed by atoms with Gasteiger partial charge in [0.25, 0.3) is 0 Å².